The first kappa shape index (κ1) is 12.7. The third-order valence-corrected chi connectivity index (χ3v) is 5.41. The minimum atomic E-state index is 0.593. The predicted octanol–water partition coefficient (Wildman–Crippen LogP) is 4.60. The zero-order valence-corrected chi connectivity index (χ0v) is 12.7. The van der Waals surface area contributed by atoms with Crippen LogP contribution in [0.15, 0.2) is 22.7 Å². The second kappa shape index (κ2) is 5.34. The van der Waals surface area contributed by atoms with Crippen molar-refractivity contribution in [2.75, 3.05) is 0 Å². The molecule has 1 unspecified atom stereocenters. The van der Waals surface area contributed by atoms with Crippen LogP contribution in [0.5, 0.6) is 0 Å². The first-order valence-electron chi connectivity index (χ1n) is 7.27. The smallest absolute Gasteiger partial charge is 0.0328 e. The Kier molecular flexibility index (Phi) is 3.76. The van der Waals surface area contributed by atoms with Crippen LogP contribution in [-0.2, 0) is 6.42 Å². The average molecular weight is 308 g/mol. The molecule has 0 radical (unpaired) electrons. The van der Waals surface area contributed by atoms with E-state index in [-0.39, 0.29) is 0 Å². The highest BCUT2D eigenvalue weighted by Gasteiger charge is 2.27. The molecule has 2 aliphatic rings. The van der Waals surface area contributed by atoms with E-state index in [0.29, 0.717) is 6.04 Å². The molecule has 1 N–H and O–H groups in total. The van der Waals surface area contributed by atoms with Crippen LogP contribution in [0.1, 0.15) is 56.2 Å². The predicted molar refractivity (Wildman–Crippen MR) is 79.8 cm³/mol. The highest BCUT2D eigenvalue weighted by atomic mass is 79.9. The molecule has 2 aliphatic carbocycles. The lowest BCUT2D eigenvalue weighted by Crippen LogP contribution is -2.34. The molecule has 0 amide bonds. The summed E-state index contributed by atoms with van der Waals surface area (Å²) in [7, 11) is 0. The van der Waals surface area contributed by atoms with Crippen molar-refractivity contribution in [3.05, 3.63) is 33.8 Å². The largest absolute Gasteiger partial charge is 0.307 e. The average Bonchev–Trinajstić information content (AvgIpc) is 2.77. The maximum absolute atomic E-state index is 3.90. The number of rotatable bonds is 2. The van der Waals surface area contributed by atoms with Gasteiger partial charge in [-0.3, -0.25) is 0 Å². The van der Waals surface area contributed by atoms with Crippen LogP contribution in [0.4, 0.5) is 0 Å². The molecule has 18 heavy (non-hydrogen) atoms. The lowest BCUT2D eigenvalue weighted by atomic mass is 9.87. The normalized spacial score (nSPS) is 31.3. The topological polar surface area (TPSA) is 12.0 Å². The van der Waals surface area contributed by atoms with Crippen LogP contribution in [0.2, 0.25) is 0 Å². The van der Waals surface area contributed by atoms with Crippen molar-refractivity contribution < 1.29 is 0 Å². The Hall–Kier alpha value is -0.340. The Balaban J connectivity index is 1.68. The second-order valence-corrected chi connectivity index (χ2v) is 6.88. The first-order chi connectivity index (χ1) is 8.74. The first-order valence-corrected chi connectivity index (χ1v) is 8.06. The van der Waals surface area contributed by atoms with Gasteiger partial charge in [-0.15, -0.1) is 0 Å². The van der Waals surface area contributed by atoms with E-state index >= 15 is 0 Å². The quantitative estimate of drug-likeness (QED) is 0.841. The zero-order chi connectivity index (χ0) is 12.5. The highest BCUT2D eigenvalue weighted by molar-refractivity contribution is 9.10. The Bertz CT molecular complexity index is 421. The molecular formula is C16H22BrN. The monoisotopic (exact) mass is 307 g/mol. The maximum atomic E-state index is 3.90. The molecule has 0 aromatic heterocycles. The van der Waals surface area contributed by atoms with Crippen molar-refractivity contribution in [2.24, 2.45) is 5.92 Å². The van der Waals surface area contributed by atoms with Gasteiger partial charge in [0.05, 0.1) is 0 Å². The Morgan fingerprint density at radius 2 is 1.89 bits per heavy atom. The molecule has 98 valence electrons. The van der Waals surface area contributed by atoms with Gasteiger partial charge in [0.25, 0.3) is 0 Å². The fourth-order valence-corrected chi connectivity index (χ4v) is 4.07. The molecule has 1 aromatic rings. The van der Waals surface area contributed by atoms with Crippen LogP contribution in [0, 0.1) is 5.92 Å². The summed E-state index contributed by atoms with van der Waals surface area (Å²) in [5.41, 5.74) is 3.06. The fourth-order valence-electron chi connectivity index (χ4n) is 3.49. The lowest BCUT2D eigenvalue weighted by molar-refractivity contribution is 0.286. The van der Waals surface area contributed by atoms with Crippen molar-refractivity contribution in [1.82, 2.24) is 5.32 Å². The SMILES string of the molecule is CC1CCC(NC2CCc3c(Br)cccc32)CC1. The molecule has 1 nitrogen and oxygen atoms in total. The molecule has 1 aromatic carbocycles. The van der Waals surface area contributed by atoms with Gasteiger partial charge in [0.15, 0.2) is 0 Å². The zero-order valence-electron chi connectivity index (χ0n) is 11.1. The molecule has 1 atom stereocenters. The van der Waals surface area contributed by atoms with Crippen LogP contribution < -0.4 is 5.32 Å². The minimum absolute atomic E-state index is 0.593. The third-order valence-electron chi connectivity index (χ3n) is 4.67. The van der Waals surface area contributed by atoms with Gasteiger partial charge in [-0.2, -0.15) is 0 Å². The standard InChI is InChI=1S/C16H22BrN/c1-11-5-7-12(8-6-11)18-16-10-9-13-14(16)3-2-4-15(13)17/h2-4,11-12,16,18H,5-10H2,1H3. The number of fused-ring (bicyclic) bond motifs is 1. The van der Waals surface area contributed by atoms with Crippen LogP contribution in [-0.4, -0.2) is 6.04 Å². The van der Waals surface area contributed by atoms with Crippen molar-refractivity contribution in [2.45, 2.75) is 57.5 Å². The van der Waals surface area contributed by atoms with Crippen molar-refractivity contribution in [3.8, 4) is 0 Å². The minimum Gasteiger partial charge on any atom is -0.307 e. The van der Waals surface area contributed by atoms with Crippen molar-refractivity contribution in [3.63, 3.8) is 0 Å². The van der Waals surface area contributed by atoms with Gasteiger partial charge >= 0.3 is 0 Å². The Morgan fingerprint density at radius 3 is 2.67 bits per heavy atom. The number of nitrogens with one attached hydrogen (secondary N) is 1. The third kappa shape index (κ3) is 2.50. The summed E-state index contributed by atoms with van der Waals surface area (Å²) in [6.07, 6.45) is 8.01. The van der Waals surface area contributed by atoms with E-state index in [4.69, 9.17) is 0 Å². The van der Waals surface area contributed by atoms with Crippen LogP contribution in [0.25, 0.3) is 0 Å². The molecule has 0 heterocycles. The summed E-state index contributed by atoms with van der Waals surface area (Å²) in [4.78, 5) is 0. The van der Waals surface area contributed by atoms with Gasteiger partial charge in [0.2, 0.25) is 0 Å². The van der Waals surface area contributed by atoms with Gasteiger partial charge in [0.1, 0.15) is 0 Å². The summed E-state index contributed by atoms with van der Waals surface area (Å²) in [5.74, 6) is 0.938. The number of halogens is 1. The molecule has 3 rings (SSSR count). The molecule has 0 spiro atoms. The van der Waals surface area contributed by atoms with Crippen molar-refractivity contribution >= 4 is 15.9 Å². The molecule has 0 saturated heterocycles. The molecule has 0 aliphatic heterocycles. The molecular weight excluding hydrogens is 286 g/mol. The van der Waals surface area contributed by atoms with Gasteiger partial charge in [-0.25, -0.2) is 0 Å². The number of hydrogen-bond acceptors (Lipinski definition) is 1. The van der Waals surface area contributed by atoms with E-state index in [1.54, 1.807) is 0 Å². The van der Waals surface area contributed by atoms with E-state index in [0.717, 1.165) is 12.0 Å². The van der Waals surface area contributed by atoms with Crippen molar-refractivity contribution in [1.29, 1.82) is 0 Å². The molecule has 2 heteroatoms. The van der Waals surface area contributed by atoms with E-state index in [1.807, 2.05) is 0 Å². The Labute approximate surface area is 118 Å². The van der Waals surface area contributed by atoms with Gasteiger partial charge in [-0.1, -0.05) is 35.0 Å². The van der Waals surface area contributed by atoms with Gasteiger partial charge < -0.3 is 5.32 Å². The van der Waals surface area contributed by atoms with E-state index in [1.165, 1.54) is 54.1 Å². The fraction of sp³-hybridized carbons (Fsp3) is 0.625. The summed E-state index contributed by atoms with van der Waals surface area (Å²) < 4.78 is 1.29. The summed E-state index contributed by atoms with van der Waals surface area (Å²) >= 11 is 3.68. The number of hydrogen-bond donors (Lipinski definition) is 1. The number of benzene rings is 1. The molecule has 0 bridgehead atoms. The van der Waals surface area contributed by atoms with E-state index in [9.17, 15) is 0 Å². The van der Waals surface area contributed by atoms with Gasteiger partial charge in [-0.05, 0) is 61.6 Å². The molecule has 1 fully saturated rings. The van der Waals surface area contributed by atoms with E-state index in [2.05, 4.69) is 46.4 Å². The van der Waals surface area contributed by atoms with Crippen LogP contribution >= 0.6 is 15.9 Å². The summed E-state index contributed by atoms with van der Waals surface area (Å²) in [5, 5.41) is 3.90. The van der Waals surface area contributed by atoms with E-state index < -0.39 is 0 Å². The maximum Gasteiger partial charge on any atom is 0.0328 e. The summed E-state index contributed by atoms with van der Waals surface area (Å²) in [6, 6.07) is 7.98. The van der Waals surface area contributed by atoms with Crippen LogP contribution in [0.3, 0.4) is 0 Å². The highest BCUT2D eigenvalue weighted by Crippen LogP contribution is 2.37. The molecule has 1 saturated carbocycles. The lowest BCUT2D eigenvalue weighted by Gasteiger charge is -2.30. The Morgan fingerprint density at radius 1 is 1.11 bits per heavy atom. The summed E-state index contributed by atoms with van der Waals surface area (Å²) in [6.45, 7) is 2.39. The second-order valence-electron chi connectivity index (χ2n) is 6.02. The van der Waals surface area contributed by atoms with Gasteiger partial charge in [0, 0.05) is 16.6 Å².